The van der Waals surface area contributed by atoms with Gasteiger partial charge in [0.25, 0.3) is 5.91 Å². The van der Waals surface area contributed by atoms with Crippen LogP contribution in [0.25, 0.3) is 10.9 Å². The second-order valence-electron chi connectivity index (χ2n) is 8.43. The predicted molar refractivity (Wildman–Crippen MR) is 115 cm³/mol. The lowest BCUT2D eigenvalue weighted by molar-refractivity contribution is -0.146. The molecule has 7 heteroatoms. The Morgan fingerprint density at radius 2 is 1.87 bits per heavy atom. The Labute approximate surface area is 177 Å². The number of fused-ring (bicyclic) bond motifs is 1. The van der Waals surface area contributed by atoms with Gasteiger partial charge in [-0.25, -0.2) is 0 Å². The highest BCUT2D eigenvalue weighted by atomic mass is 16.4. The van der Waals surface area contributed by atoms with Crippen molar-refractivity contribution >= 4 is 28.7 Å². The predicted octanol–water partition coefficient (Wildman–Crippen LogP) is 2.95. The van der Waals surface area contributed by atoms with Crippen LogP contribution in [0.4, 0.5) is 0 Å². The van der Waals surface area contributed by atoms with E-state index in [0.717, 1.165) is 22.9 Å². The Balaban J connectivity index is 1.78. The van der Waals surface area contributed by atoms with E-state index in [1.807, 2.05) is 56.7 Å². The fourth-order valence-corrected chi connectivity index (χ4v) is 4.13. The van der Waals surface area contributed by atoms with Gasteiger partial charge in [-0.05, 0) is 43.9 Å². The highest BCUT2D eigenvalue weighted by molar-refractivity contribution is 6.01. The topological polar surface area (TPSA) is 91.6 Å². The maximum absolute atomic E-state index is 13.2. The van der Waals surface area contributed by atoms with Gasteiger partial charge in [0.2, 0.25) is 5.91 Å². The van der Waals surface area contributed by atoms with Gasteiger partial charge in [0.1, 0.15) is 11.7 Å². The Morgan fingerprint density at radius 1 is 1.20 bits per heavy atom. The van der Waals surface area contributed by atoms with E-state index in [1.165, 1.54) is 0 Å². The highest BCUT2D eigenvalue weighted by Crippen LogP contribution is 2.22. The molecule has 0 saturated carbocycles. The smallest absolute Gasteiger partial charge is 0.306 e. The fraction of sp³-hybridized carbons (Fsp3) is 0.522. The number of benzene rings is 1. The van der Waals surface area contributed by atoms with E-state index < -0.39 is 17.9 Å². The molecule has 1 aromatic carbocycles. The summed E-state index contributed by atoms with van der Waals surface area (Å²) in [5, 5.41) is 13.1. The van der Waals surface area contributed by atoms with E-state index in [9.17, 15) is 19.5 Å². The van der Waals surface area contributed by atoms with Gasteiger partial charge in [0, 0.05) is 31.0 Å². The van der Waals surface area contributed by atoms with Crippen LogP contribution in [-0.2, 0) is 16.6 Å². The minimum Gasteiger partial charge on any atom is -0.481 e. The van der Waals surface area contributed by atoms with Crippen molar-refractivity contribution in [1.82, 2.24) is 14.8 Å². The van der Waals surface area contributed by atoms with Crippen molar-refractivity contribution in [3.05, 3.63) is 35.5 Å². The maximum atomic E-state index is 13.2. The van der Waals surface area contributed by atoms with Gasteiger partial charge >= 0.3 is 5.97 Å². The average molecular weight is 414 g/mol. The number of carboxylic acid groups (broad SMARTS) is 1. The summed E-state index contributed by atoms with van der Waals surface area (Å²) in [5.41, 5.74) is 2.60. The molecule has 1 aliphatic rings. The van der Waals surface area contributed by atoms with Crippen molar-refractivity contribution in [3.63, 3.8) is 0 Å². The average Bonchev–Trinajstić information content (AvgIpc) is 3.06. The maximum Gasteiger partial charge on any atom is 0.306 e. The van der Waals surface area contributed by atoms with E-state index in [1.54, 1.807) is 4.90 Å². The van der Waals surface area contributed by atoms with E-state index in [2.05, 4.69) is 5.32 Å². The van der Waals surface area contributed by atoms with Gasteiger partial charge in [0.05, 0.1) is 5.92 Å². The van der Waals surface area contributed by atoms with Crippen molar-refractivity contribution < 1.29 is 19.5 Å². The molecule has 7 nitrogen and oxygen atoms in total. The summed E-state index contributed by atoms with van der Waals surface area (Å²) >= 11 is 0. The molecular formula is C23H31N3O4. The minimum absolute atomic E-state index is 0.0319. The molecule has 0 aliphatic carbocycles. The number of piperidine rings is 1. The molecule has 0 spiro atoms. The molecule has 1 aliphatic heterocycles. The van der Waals surface area contributed by atoms with Crippen molar-refractivity contribution in [3.8, 4) is 0 Å². The molecule has 2 heterocycles. The molecule has 2 atom stereocenters. The van der Waals surface area contributed by atoms with Crippen LogP contribution in [0, 0.1) is 18.8 Å². The number of aryl methyl sites for hydroxylation is 2. The Bertz CT molecular complexity index is 957. The van der Waals surface area contributed by atoms with Crippen LogP contribution in [0.3, 0.4) is 0 Å². The molecule has 2 unspecified atom stereocenters. The second-order valence-corrected chi connectivity index (χ2v) is 8.43. The first-order chi connectivity index (χ1) is 14.2. The lowest BCUT2D eigenvalue weighted by Gasteiger charge is -2.34. The van der Waals surface area contributed by atoms with E-state index in [4.69, 9.17) is 0 Å². The summed E-state index contributed by atoms with van der Waals surface area (Å²) in [6.07, 6.45) is 1.65. The summed E-state index contributed by atoms with van der Waals surface area (Å²) in [5.74, 6) is -1.64. The standard InChI is InChI=1S/C23H31N3O4/c1-5-15(3)20(22(28)26-10-8-16(9-11-26)23(29)30)24-21(27)19-13-17-12-14(2)6-7-18(17)25(19)4/h6-7,12-13,15-16,20H,5,8-11H2,1-4H3,(H,24,27)(H,29,30). The Morgan fingerprint density at radius 3 is 2.47 bits per heavy atom. The number of aliphatic carboxylic acids is 1. The third kappa shape index (κ3) is 4.35. The van der Waals surface area contributed by atoms with Crippen LogP contribution in [0.5, 0.6) is 0 Å². The first kappa shape index (κ1) is 21.9. The number of carboxylic acids is 1. The first-order valence-corrected chi connectivity index (χ1v) is 10.6. The zero-order chi connectivity index (χ0) is 22.0. The van der Waals surface area contributed by atoms with Crippen molar-refractivity contribution in [2.45, 2.75) is 46.1 Å². The van der Waals surface area contributed by atoms with E-state index in [-0.39, 0.29) is 17.7 Å². The number of hydrogen-bond donors (Lipinski definition) is 2. The summed E-state index contributed by atoms with van der Waals surface area (Å²) in [4.78, 5) is 39.2. The minimum atomic E-state index is -0.806. The zero-order valence-electron chi connectivity index (χ0n) is 18.1. The lowest BCUT2D eigenvalue weighted by atomic mass is 9.93. The normalized spacial score (nSPS) is 17.0. The quantitative estimate of drug-likeness (QED) is 0.762. The molecule has 30 heavy (non-hydrogen) atoms. The van der Waals surface area contributed by atoms with Gasteiger partial charge in [-0.1, -0.05) is 31.9 Å². The highest BCUT2D eigenvalue weighted by Gasteiger charge is 2.34. The van der Waals surface area contributed by atoms with Gasteiger partial charge in [-0.15, -0.1) is 0 Å². The van der Waals surface area contributed by atoms with Crippen molar-refractivity contribution in [2.24, 2.45) is 18.9 Å². The third-order valence-corrected chi connectivity index (χ3v) is 6.35. The molecule has 2 aromatic rings. The van der Waals surface area contributed by atoms with Gasteiger partial charge in [-0.3, -0.25) is 14.4 Å². The summed E-state index contributed by atoms with van der Waals surface area (Å²) in [7, 11) is 1.85. The number of carbonyl (C=O) groups is 3. The van der Waals surface area contributed by atoms with E-state index >= 15 is 0 Å². The van der Waals surface area contributed by atoms with Crippen molar-refractivity contribution in [2.75, 3.05) is 13.1 Å². The van der Waals surface area contributed by atoms with E-state index in [0.29, 0.717) is 31.6 Å². The largest absolute Gasteiger partial charge is 0.481 e. The monoisotopic (exact) mass is 413 g/mol. The molecule has 1 saturated heterocycles. The fourth-order valence-electron chi connectivity index (χ4n) is 4.13. The van der Waals surface area contributed by atoms with Gasteiger partial charge in [-0.2, -0.15) is 0 Å². The number of nitrogens with one attached hydrogen (secondary N) is 1. The number of amides is 2. The number of rotatable bonds is 6. The van der Waals surface area contributed by atoms with Crippen LogP contribution >= 0.6 is 0 Å². The van der Waals surface area contributed by atoms with Crippen molar-refractivity contribution in [1.29, 1.82) is 0 Å². The first-order valence-electron chi connectivity index (χ1n) is 10.6. The SMILES string of the molecule is CCC(C)C(NC(=O)c1cc2cc(C)ccc2n1C)C(=O)N1CCC(C(=O)O)CC1. The summed E-state index contributed by atoms with van der Waals surface area (Å²) in [6.45, 7) is 6.78. The van der Waals surface area contributed by atoms with Gasteiger partial charge in [0.15, 0.2) is 0 Å². The molecular weight excluding hydrogens is 382 g/mol. The van der Waals surface area contributed by atoms with Gasteiger partial charge < -0.3 is 19.9 Å². The van der Waals surface area contributed by atoms with Crippen LogP contribution in [0.1, 0.15) is 49.2 Å². The number of aromatic nitrogens is 1. The number of carbonyl (C=O) groups excluding carboxylic acids is 2. The Kier molecular flexibility index (Phi) is 6.48. The molecule has 0 bridgehead atoms. The molecule has 2 N–H and O–H groups in total. The van der Waals surface area contributed by atoms with Crippen LogP contribution in [0.2, 0.25) is 0 Å². The number of likely N-dealkylation sites (tertiary alicyclic amines) is 1. The molecule has 1 fully saturated rings. The van der Waals surface area contributed by atoms with Crippen LogP contribution in [-0.4, -0.2) is 51.5 Å². The van der Waals surface area contributed by atoms with Crippen LogP contribution < -0.4 is 5.32 Å². The molecule has 1 aromatic heterocycles. The molecule has 2 amide bonds. The number of hydrogen-bond acceptors (Lipinski definition) is 3. The molecule has 162 valence electrons. The molecule has 0 radical (unpaired) electrons. The Hall–Kier alpha value is -2.83. The summed E-state index contributed by atoms with van der Waals surface area (Å²) < 4.78 is 1.85. The summed E-state index contributed by atoms with van der Waals surface area (Å²) in [6, 6.07) is 7.26. The number of nitrogens with zero attached hydrogens (tertiary/aromatic N) is 2. The van der Waals surface area contributed by atoms with Crippen LogP contribution in [0.15, 0.2) is 24.3 Å². The second kappa shape index (κ2) is 8.90. The third-order valence-electron chi connectivity index (χ3n) is 6.35. The lowest BCUT2D eigenvalue weighted by Crippen LogP contribution is -2.53. The zero-order valence-corrected chi connectivity index (χ0v) is 18.1. The molecule has 3 rings (SSSR count).